The summed E-state index contributed by atoms with van der Waals surface area (Å²) in [5.41, 5.74) is 7.34. The number of hydrogen-bond donors (Lipinski definition) is 2. The highest BCUT2D eigenvalue weighted by molar-refractivity contribution is 5.90. The van der Waals surface area contributed by atoms with E-state index in [0.717, 1.165) is 5.82 Å². The van der Waals surface area contributed by atoms with E-state index in [2.05, 4.69) is 4.98 Å². The Morgan fingerprint density at radius 2 is 2.26 bits per heavy atom. The monoisotopic (exact) mass is 260 g/mol. The minimum Gasteiger partial charge on any atom is -0.478 e. The van der Waals surface area contributed by atoms with E-state index in [-0.39, 0.29) is 5.56 Å². The number of nitrogen functional groups attached to an aromatic ring is 1. The summed E-state index contributed by atoms with van der Waals surface area (Å²) in [6, 6.07) is 4.67. The van der Waals surface area contributed by atoms with Gasteiger partial charge in [0.15, 0.2) is 0 Å². The summed E-state index contributed by atoms with van der Waals surface area (Å²) in [6.45, 7) is 0.552. The van der Waals surface area contributed by atoms with Crippen molar-refractivity contribution in [2.75, 3.05) is 17.7 Å². The Balaban J connectivity index is 2.28. The molecule has 0 atom stereocenters. The normalized spacial score (nSPS) is 10.4. The van der Waals surface area contributed by atoms with Crippen LogP contribution >= 0.6 is 0 Å². The highest BCUT2D eigenvalue weighted by Crippen LogP contribution is 2.24. The van der Waals surface area contributed by atoms with Gasteiger partial charge in [-0.2, -0.15) is 0 Å². The molecule has 1 heterocycles. The van der Waals surface area contributed by atoms with E-state index in [9.17, 15) is 4.79 Å². The fourth-order valence-electron chi connectivity index (χ4n) is 1.85. The first-order valence-corrected chi connectivity index (χ1v) is 5.79. The number of nitrogens with zero attached hydrogens (tertiary/aromatic N) is 3. The van der Waals surface area contributed by atoms with Gasteiger partial charge in [0.1, 0.15) is 5.82 Å². The molecule has 0 aliphatic heterocycles. The lowest BCUT2D eigenvalue weighted by molar-refractivity contribution is 0.0697. The molecule has 1 aromatic heterocycles. The van der Waals surface area contributed by atoms with E-state index in [0.29, 0.717) is 17.9 Å². The maximum absolute atomic E-state index is 11.0. The number of aromatic nitrogens is 2. The van der Waals surface area contributed by atoms with Gasteiger partial charge in [-0.25, -0.2) is 9.78 Å². The molecular formula is C13H16N4O2. The van der Waals surface area contributed by atoms with Crippen LogP contribution in [0.25, 0.3) is 0 Å². The summed E-state index contributed by atoms with van der Waals surface area (Å²) < 4.78 is 1.91. The van der Waals surface area contributed by atoms with Gasteiger partial charge in [-0.15, -0.1) is 0 Å². The molecule has 1 aromatic carbocycles. The van der Waals surface area contributed by atoms with Crippen molar-refractivity contribution >= 4 is 17.3 Å². The van der Waals surface area contributed by atoms with Gasteiger partial charge < -0.3 is 20.3 Å². The molecule has 0 aliphatic carbocycles. The Kier molecular flexibility index (Phi) is 3.41. The van der Waals surface area contributed by atoms with Crippen molar-refractivity contribution in [1.29, 1.82) is 0 Å². The number of carboxylic acid groups (broad SMARTS) is 1. The van der Waals surface area contributed by atoms with E-state index in [1.165, 1.54) is 6.07 Å². The van der Waals surface area contributed by atoms with Crippen molar-refractivity contribution < 1.29 is 9.90 Å². The van der Waals surface area contributed by atoms with Gasteiger partial charge in [-0.1, -0.05) is 0 Å². The van der Waals surface area contributed by atoms with Gasteiger partial charge in [0.05, 0.1) is 23.5 Å². The van der Waals surface area contributed by atoms with Gasteiger partial charge in [-0.05, 0) is 18.2 Å². The molecule has 0 aliphatic rings. The molecule has 0 unspecified atom stereocenters. The van der Waals surface area contributed by atoms with E-state index in [1.54, 1.807) is 18.3 Å². The number of carbonyl (C=O) groups is 1. The predicted octanol–water partition coefficient (Wildman–Crippen LogP) is 1.34. The molecule has 2 rings (SSSR count). The fourth-order valence-corrected chi connectivity index (χ4v) is 1.85. The number of nitrogens with two attached hydrogens (primary N) is 1. The van der Waals surface area contributed by atoms with Crippen molar-refractivity contribution in [2.24, 2.45) is 7.05 Å². The van der Waals surface area contributed by atoms with Crippen molar-refractivity contribution in [3.63, 3.8) is 0 Å². The lowest BCUT2D eigenvalue weighted by atomic mass is 10.1. The molecular weight excluding hydrogens is 244 g/mol. The van der Waals surface area contributed by atoms with Crippen molar-refractivity contribution in [3.05, 3.63) is 42.0 Å². The molecule has 0 amide bonds. The summed E-state index contributed by atoms with van der Waals surface area (Å²) in [5, 5.41) is 9.01. The summed E-state index contributed by atoms with van der Waals surface area (Å²) >= 11 is 0. The second-order valence-electron chi connectivity index (χ2n) is 4.39. The van der Waals surface area contributed by atoms with Gasteiger partial charge in [0.2, 0.25) is 0 Å². The number of benzene rings is 1. The summed E-state index contributed by atoms with van der Waals surface area (Å²) in [4.78, 5) is 17.1. The van der Waals surface area contributed by atoms with E-state index in [1.807, 2.05) is 29.8 Å². The molecule has 0 fully saturated rings. The van der Waals surface area contributed by atoms with E-state index in [4.69, 9.17) is 10.8 Å². The summed E-state index contributed by atoms with van der Waals surface area (Å²) in [6.07, 6.45) is 3.58. The third-order valence-electron chi connectivity index (χ3n) is 2.99. The Hall–Kier alpha value is -2.50. The number of anilines is 2. The Labute approximate surface area is 111 Å². The van der Waals surface area contributed by atoms with Gasteiger partial charge in [-0.3, -0.25) is 0 Å². The van der Waals surface area contributed by atoms with Crippen LogP contribution in [-0.2, 0) is 13.6 Å². The molecule has 0 saturated carbocycles. The molecule has 0 radical (unpaired) electrons. The highest BCUT2D eigenvalue weighted by Gasteiger charge is 2.12. The molecule has 0 saturated heterocycles. The quantitative estimate of drug-likeness (QED) is 0.810. The Morgan fingerprint density at radius 1 is 1.53 bits per heavy atom. The molecule has 100 valence electrons. The molecule has 0 bridgehead atoms. The SMILES string of the molecule is CN(Cc1nccn1C)c1cc(C(=O)O)ccc1N. The molecule has 19 heavy (non-hydrogen) atoms. The van der Waals surface area contributed by atoms with Gasteiger partial charge in [0.25, 0.3) is 0 Å². The van der Waals surface area contributed by atoms with Crippen molar-refractivity contribution in [1.82, 2.24) is 9.55 Å². The van der Waals surface area contributed by atoms with E-state index >= 15 is 0 Å². The second kappa shape index (κ2) is 5.01. The lowest BCUT2D eigenvalue weighted by Gasteiger charge is -2.21. The van der Waals surface area contributed by atoms with Crippen LogP contribution < -0.4 is 10.6 Å². The molecule has 6 heteroatoms. The number of aromatic carboxylic acids is 1. The Bertz CT molecular complexity index is 606. The van der Waals surface area contributed by atoms with Gasteiger partial charge in [0, 0.05) is 26.5 Å². The minimum atomic E-state index is -0.966. The smallest absolute Gasteiger partial charge is 0.335 e. The molecule has 0 spiro atoms. The maximum Gasteiger partial charge on any atom is 0.335 e. The number of hydrogen-bond acceptors (Lipinski definition) is 4. The van der Waals surface area contributed by atoms with Crippen molar-refractivity contribution in [3.8, 4) is 0 Å². The maximum atomic E-state index is 11.0. The zero-order valence-corrected chi connectivity index (χ0v) is 10.9. The van der Waals surface area contributed by atoms with Gasteiger partial charge >= 0.3 is 5.97 Å². The zero-order chi connectivity index (χ0) is 14.0. The van der Waals surface area contributed by atoms with Crippen LogP contribution in [-0.4, -0.2) is 27.7 Å². The molecule has 6 nitrogen and oxygen atoms in total. The first-order valence-electron chi connectivity index (χ1n) is 5.79. The third-order valence-corrected chi connectivity index (χ3v) is 2.99. The fraction of sp³-hybridized carbons (Fsp3) is 0.231. The Morgan fingerprint density at radius 3 is 2.84 bits per heavy atom. The summed E-state index contributed by atoms with van der Waals surface area (Å²) in [7, 11) is 3.76. The highest BCUT2D eigenvalue weighted by atomic mass is 16.4. The standard InChI is InChI=1S/C13H16N4O2/c1-16-6-5-15-12(16)8-17(2)11-7-9(13(18)19)3-4-10(11)14/h3-7H,8,14H2,1-2H3,(H,18,19). The average Bonchev–Trinajstić information content (AvgIpc) is 2.75. The number of rotatable bonds is 4. The van der Waals surface area contributed by atoms with Crippen molar-refractivity contribution in [2.45, 2.75) is 6.54 Å². The first kappa shape index (κ1) is 12.9. The lowest BCUT2D eigenvalue weighted by Crippen LogP contribution is -2.20. The third kappa shape index (κ3) is 2.67. The number of carboxylic acids is 1. The molecule has 3 N–H and O–H groups in total. The van der Waals surface area contributed by atoms with Crippen LogP contribution in [0.1, 0.15) is 16.2 Å². The largest absolute Gasteiger partial charge is 0.478 e. The average molecular weight is 260 g/mol. The second-order valence-corrected chi connectivity index (χ2v) is 4.39. The number of imidazole rings is 1. The minimum absolute atomic E-state index is 0.218. The topological polar surface area (TPSA) is 84.4 Å². The first-order chi connectivity index (χ1) is 8.99. The summed E-state index contributed by atoms with van der Waals surface area (Å²) in [5.74, 6) is -0.0886. The van der Waals surface area contributed by atoms with Crippen LogP contribution in [0, 0.1) is 0 Å². The zero-order valence-electron chi connectivity index (χ0n) is 10.9. The van der Waals surface area contributed by atoms with E-state index < -0.39 is 5.97 Å². The predicted molar refractivity (Wildman–Crippen MR) is 73.1 cm³/mol. The van der Waals surface area contributed by atoms with Crippen LogP contribution in [0.3, 0.4) is 0 Å². The van der Waals surface area contributed by atoms with Crippen LogP contribution in [0.5, 0.6) is 0 Å². The van der Waals surface area contributed by atoms with Crippen LogP contribution in [0.4, 0.5) is 11.4 Å². The van der Waals surface area contributed by atoms with Crippen LogP contribution in [0.15, 0.2) is 30.6 Å². The van der Waals surface area contributed by atoms with Crippen LogP contribution in [0.2, 0.25) is 0 Å². The molecule has 2 aromatic rings. The number of aryl methyl sites for hydroxylation is 1.